The number of carbonyl (C=O) groups excluding carboxylic acids is 1. The van der Waals surface area contributed by atoms with E-state index in [0.717, 1.165) is 17.2 Å². The van der Waals surface area contributed by atoms with Crippen molar-refractivity contribution in [2.45, 2.75) is 18.7 Å². The maximum absolute atomic E-state index is 13.3. The van der Waals surface area contributed by atoms with Gasteiger partial charge in [-0.05, 0) is 47.0 Å². The van der Waals surface area contributed by atoms with Crippen molar-refractivity contribution in [1.82, 2.24) is 0 Å². The molecule has 3 aromatic carbocycles. The van der Waals surface area contributed by atoms with Gasteiger partial charge in [0.1, 0.15) is 0 Å². The van der Waals surface area contributed by atoms with E-state index in [1.165, 1.54) is 12.1 Å². The number of benzene rings is 3. The predicted octanol–water partition coefficient (Wildman–Crippen LogP) is 6.39. The average molecular weight is 397 g/mol. The lowest BCUT2D eigenvalue weighted by Crippen LogP contribution is -2.09. The maximum atomic E-state index is 13.3. The van der Waals surface area contributed by atoms with E-state index in [4.69, 9.17) is 4.74 Å². The summed E-state index contributed by atoms with van der Waals surface area (Å²) >= 11 is 0. The molecule has 0 heterocycles. The normalized spacial score (nSPS) is 16.0. The molecular formula is C23H18F3NO2. The first-order valence-corrected chi connectivity index (χ1v) is 9.11. The maximum Gasteiger partial charge on any atom is 0.418 e. The molecule has 1 N–H and O–H groups in total. The number of carbonyl (C=O) groups is 1. The first-order chi connectivity index (χ1) is 13.9. The Balaban J connectivity index is 1.81. The van der Waals surface area contributed by atoms with E-state index in [2.05, 4.69) is 5.32 Å². The van der Waals surface area contributed by atoms with Crippen molar-refractivity contribution in [2.24, 2.45) is 0 Å². The highest BCUT2D eigenvalue weighted by Crippen LogP contribution is 2.41. The number of para-hydroxylation sites is 1. The molecule has 3 nitrogen and oxygen atoms in total. The van der Waals surface area contributed by atoms with Crippen LogP contribution in [0.2, 0.25) is 0 Å². The van der Waals surface area contributed by atoms with E-state index in [1.54, 1.807) is 31.4 Å². The molecule has 0 radical (unpaired) electrons. The number of Topliss-reactive ketones (excluding diaryl/α,β-unsaturated/α-hetero) is 1. The topological polar surface area (TPSA) is 38.3 Å². The molecule has 0 bridgehead atoms. The van der Waals surface area contributed by atoms with Crippen LogP contribution in [0.3, 0.4) is 0 Å². The molecule has 1 aliphatic carbocycles. The third kappa shape index (κ3) is 3.63. The first kappa shape index (κ1) is 19.2. The van der Waals surface area contributed by atoms with Gasteiger partial charge in [-0.25, -0.2) is 0 Å². The molecule has 29 heavy (non-hydrogen) atoms. The highest BCUT2D eigenvalue weighted by molar-refractivity contribution is 6.05. The number of alkyl halides is 3. The fraction of sp³-hybridized carbons (Fsp3) is 0.174. The number of hydrogen-bond donors (Lipinski definition) is 1. The van der Waals surface area contributed by atoms with E-state index in [1.807, 2.05) is 24.3 Å². The molecule has 1 aliphatic rings. The number of fused-ring (bicyclic) bond motifs is 3. The zero-order valence-corrected chi connectivity index (χ0v) is 15.6. The van der Waals surface area contributed by atoms with Crippen molar-refractivity contribution in [3.63, 3.8) is 0 Å². The highest BCUT2D eigenvalue weighted by atomic mass is 19.4. The molecule has 1 unspecified atom stereocenters. The number of ether oxygens (including phenoxy) is 1. The third-order valence-corrected chi connectivity index (χ3v) is 5.08. The Labute approximate surface area is 166 Å². The fourth-order valence-corrected chi connectivity index (χ4v) is 3.70. The Hall–Kier alpha value is -3.12. The summed E-state index contributed by atoms with van der Waals surface area (Å²) in [4.78, 5) is 12.7. The van der Waals surface area contributed by atoms with E-state index >= 15 is 0 Å². The molecular weight excluding hydrogens is 379 g/mol. The second-order valence-corrected chi connectivity index (χ2v) is 6.87. The van der Waals surface area contributed by atoms with Crippen LogP contribution in [0.5, 0.6) is 0 Å². The van der Waals surface area contributed by atoms with Gasteiger partial charge in [0.2, 0.25) is 0 Å². The van der Waals surface area contributed by atoms with Gasteiger partial charge in [0.25, 0.3) is 0 Å². The van der Waals surface area contributed by atoms with Crippen LogP contribution < -0.4 is 5.32 Å². The molecule has 6 heteroatoms. The SMILES string of the molecule is COC1CC(=O)c2ccc(Nc3ccccc3C(F)(F)F)cc2-c2ccccc21. The summed E-state index contributed by atoms with van der Waals surface area (Å²) in [6.07, 6.45) is -4.62. The molecule has 0 aliphatic heterocycles. The van der Waals surface area contributed by atoms with Crippen LogP contribution in [0.4, 0.5) is 24.5 Å². The quantitative estimate of drug-likeness (QED) is 0.557. The fourth-order valence-electron chi connectivity index (χ4n) is 3.70. The Kier molecular flexibility index (Phi) is 4.88. The number of nitrogens with one attached hydrogen (secondary N) is 1. The molecule has 0 saturated heterocycles. The van der Waals surface area contributed by atoms with Gasteiger partial charge in [-0.3, -0.25) is 4.79 Å². The van der Waals surface area contributed by atoms with Gasteiger partial charge in [0, 0.05) is 24.8 Å². The van der Waals surface area contributed by atoms with E-state index in [-0.39, 0.29) is 24.0 Å². The Morgan fingerprint density at radius 2 is 1.66 bits per heavy atom. The van der Waals surface area contributed by atoms with Crippen LogP contribution in [0, 0.1) is 0 Å². The smallest absolute Gasteiger partial charge is 0.376 e. The third-order valence-electron chi connectivity index (χ3n) is 5.08. The van der Waals surface area contributed by atoms with E-state index in [9.17, 15) is 18.0 Å². The van der Waals surface area contributed by atoms with Crippen LogP contribution in [-0.2, 0) is 10.9 Å². The number of anilines is 2. The molecule has 0 spiro atoms. The van der Waals surface area contributed by atoms with Gasteiger partial charge < -0.3 is 10.1 Å². The minimum atomic E-state index is -4.47. The summed E-state index contributed by atoms with van der Waals surface area (Å²) in [5, 5.41) is 2.86. The van der Waals surface area contributed by atoms with Crippen LogP contribution >= 0.6 is 0 Å². The lowest BCUT2D eigenvalue weighted by atomic mass is 9.95. The zero-order valence-electron chi connectivity index (χ0n) is 15.6. The number of ketones is 1. The van der Waals surface area contributed by atoms with Gasteiger partial charge in [-0.1, -0.05) is 36.4 Å². The number of methoxy groups -OCH3 is 1. The monoisotopic (exact) mass is 397 g/mol. The zero-order chi connectivity index (χ0) is 20.6. The summed E-state index contributed by atoms with van der Waals surface area (Å²) in [7, 11) is 1.56. The van der Waals surface area contributed by atoms with Gasteiger partial charge in [-0.15, -0.1) is 0 Å². The summed E-state index contributed by atoms with van der Waals surface area (Å²) in [5.74, 6) is -0.0645. The lowest BCUT2D eigenvalue weighted by Gasteiger charge is -2.17. The summed E-state index contributed by atoms with van der Waals surface area (Å²) < 4.78 is 45.4. The molecule has 4 rings (SSSR count). The Morgan fingerprint density at radius 3 is 2.41 bits per heavy atom. The molecule has 1 atom stereocenters. The molecule has 3 aromatic rings. The average Bonchev–Trinajstić information content (AvgIpc) is 2.82. The van der Waals surface area contributed by atoms with Crippen molar-refractivity contribution < 1.29 is 22.7 Å². The number of hydrogen-bond acceptors (Lipinski definition) is 3. The van der Waals surface area contributed by atoms with Crippen LogP contribution in [0.15, 0.2) is 66.7 Å². The number of rotatable bonds is 3. The predicted molar refractivity (Wildman–Crippen MR) is 105 cm³/mol. The van der Waals surface area contributed by atoms with Crippen molar-refractivity contribution in [1.29, 1.82) is 0 Å². The van der Waals surface area contributed by atoms with Crippen molar-refractivity contribution in [3.05, 3.63) is 83.4 Å². The molecule has 148 valence electrons. The van der Waals surface area contributed by atoms with Crippen molar-refractivity contribution >= 4 is 17.2 Å². The Morgan fingerprint density at radius 1 is 0.931 bits per heavy atom. The van der Waals surface area contributed by atoms with Crippen LogP contribution in [-0.4, -0.2) is 12.9 Å². The second-order valence-electron chi connectivity index (χ2n) is 6.87. The summed E-state index contributed by atoms with van der Waals surface area (Å²) in [6.45, 7) is 0. The standard InChI is InChI=1S/C23H18F3NO2/c1-29-22-13-21(28)16-11-10-14(12-18(16)15-6-2-3-7-17(15)22)27-20-9-5-4-8-19(20)23(24,25)26/h2-12,22,27H,13H2,1H3. The largest absolute Gasteiger partial charge is 0.418 e. The minimum absolute atomic E-state index is 0.0389. The van der Waals surface area contributed by atoms with Gasteiger partial charge in [0.05, 0.1) is 17.4 Å². The Bertz CT molecular complexity index is 1080. The van der Waals surface area contributed by atoms with Gasteiger partial charge in [0.15, 0.2) is 5.78 Å². The summed E-state index contributed by atoms with van der Waals surface area (Å²) in [5.41, 5.74) is 2.63. The van der Waals surface area contributed by atoms with Crippen LogP contribution in [0.1, 0.15) is 34.0 Å². The van der Waals surface area contributed by atoms with Crippen molar-refractivity contribution in [2.75, 3.05) is 12.4 Å². The lowest BCUT2D eigenvalue weighted by molar-refractivity contribution is -0.136. The number of halogens is 3. The molecule has 0 saturated carbocycles. The second kappa shape index (κ2) is 7.37. The minimum Gasteiger partial charge on any atom is -0.376 e. The highest BCUT2D eigenvalue weighted by Gasteiger charge is 2.33. The molecule has 0 fully saturated rings. The van der Waals surface area contributed by atoms with Crippen molar-refractivity contribution in [3.8, 4) is 11.1 Å². The van der Waals surface area contributed by atoms with Gasteiger partial charge >= 0.3 is 6.18 Å². The van der Waals surface area contributed by atoms with Gasteiger partial charge in [-0.2, -0.15) is 13.2 Å². The summed E-state index contributed by atoms with van der Waals surface area (Å²) in [6, 6.07) is 17.9. The van der Waals surface area contributed by atoms with E-state index < -0.39 is 11.7 Å². The van der Waals surface area contributed by atoms with E-state index in [0.29, 0.717) is 16.8 Å². The molecule has 0 aromatic heterocycles. The molecule has 0 amide bonds. The first-order valence-electron chi connectivity index (χ1n) is 9.11. The van der Waals surface area contributed by atoms with Crippen LogP contribution in [0.25, 0.3) is 11.1 Å².